The van der Waals surface area contributed by atoms with Gasteiger partial charge in [0.25, 0.3) is 0 Å². The molecule has 0 fully saturated rings. The van der Waals surface area contributed by atoms with E-state index in [0.717, 1.165) is 48.8 Å². The molecule has 2 atom stereocenters. The van der Waals surface area contributed by atoms with E-state index >= 15 is 0 Å². The smallest absolute Gasteiger partial charge is 0.408 e. The third-order valence-corrected chi connectivity index (χ3v) is 5.59. The predicted octanol–water partition coefficient (Wildman–Crippen LogP) is 5.19. The predicted molar refractivity (Wildman–Crippen MR) is 137 cm³/mol. The molecule has 1 aromatic rings. The van der Waals surface area contributed by atoms with E-state index in [-0.39, 0.29) is 11.8 Å². The number of rotatable bonds is 12. The van der Waals surface area contributed by atoms with Gasteiger partial charge in [0.15, 0.2) is 0 Å². The number of unbranched alkanes of at least 4 members (excludes halogenated alkanes) is 3. The van der Waals surface area contributed by atoms with Gasteiger partial charge < -0.3 is 20.3 Å². The van der Waals surface area contributed by atoms with Gasteiger partial charge in [-0.1, -0.05) is 51.3 Å². The number of carbonyl (C=O) groups is 3. The molecule has 0 aliphatic heterocycles. The summed E-state index contributed by atoms with van der Waals surface area (Å²) in [5, 5.41) is 5.69. The molecular formula is C27H45N3O4. The number of benzene rings is 1. The Morgan fingerprint density at radius 3 is 2.12 bits per heavy atom. The summed E-state index contributed by atoms with van der Waals surface area (Å²) in [6, 6.07) is 4.26. The highest BCUT2D eigenvalue weighted by Gasteiger charge is 2.35. The summed E-state index contributed by atoms with van der Waals surface area (Å²) in [7, 11) is 0. The van der Waals surface area contributed by atoms with Crippen LogP contribution < -0.4 is 10.6 Å². The zero-order valence-corrected chi connectivity index (χ0v) is 22.4. The quantitative estimate of drug-likeness (QED) is 0.407. The van der Waals surface area contributed by atoms with Crippen LogP contribution in [0.1, 0.15) is 96.4 Å². The average molecular weight is 476 g/mol. The summed E-state index contributed by atoms with van der Waals surface area (Å²) in [4.78, 5) is 41.1. The first-order chi connectivity index (χ1) is 15.9. The maximum absolute atomic E-state index is 13.6. The number of amides is 3. The molecule has 192 valence electrons. The number of ether oxygens (including phenoxy) is 1. The summed E-state index contributed by atoms with van der Waals surface area (Å²) in [5.41, 5.74) is 2.07. The Morgan fingerprint density at radius 1 is 1.00 bits per heavy atom. The van der Waals surface area contributed by atoms with Crippen LogP contribution in [0, 0.1) is 13.8 Å². The Labute approximate surface area is 206 Å². The third kappa shape index (κ3) is 9.35. The highest BCUT2D eigenvalue weighted by atomic mass is 16.6. The first kappa shape index (κ1) is 29.5. The normalized spacial score (nSPS) is 13.1. The number of alkyl carbamates (subject to hydrolysis) is 1. The molecule has 7 heteroatoms. The fraction of sp³-hybridized carbons (Fsp3) is 0.667. The van der Waals surface area contributed by atoms with E-state index in [9.17, 15) is 14.4 Å². The zero-order valence-electron chi connectivity index (χ0n) is 22.4. The van der Waals surface area contributed by atoms with Gasteiger partial charge >= 0.3 is 6.09 Å². The molecule has 3 amide bonds. The van der Waals surface area contributed by atoms with Crippen molar-refractivity contribution >= 4 is 17.9 Å². The minimum atomic E-state index is -0.841. The molecule has 1 aromatic carbocycles. The second-order valence-corrected chi connectivity index (χ2v) is 9.96. The average Bonchev–Trinajstić information content (AvgIpc) is 2.73. The van der Waals surface area contributed by atoms with E-state index in [4.69, 9.17) is 4.74 Å². The molecule has 1 rings (SSSR count). The van der Waals surface area contributed by atoms with Gasteiger partial charge in [-0.2, -0.15) is 0 Å². The van der Waals surface area contributed by atoms with Crippen LogP contribution in [0.4, 0.5) is 4.79 Å². The van der Waals surface area contributed by atoms with Gasteiger partial charge in [-0.3, -0.25) is 9.59 Å². The topological polar surface area (TPSA) is 87.7 Å². The van der Waals surface area contributed by atoms with Gasteiger partial charge in [0, 0.05) is 13.1 Å². The van der Waals surface area contributed by atoms with Crippen molar-refractivity contribution in [3.8, 4) is 0 Å². The van der Waals surface area contributed by atoms with Crippen molar-refractivity contribution < 1.29 is 19.1 Å². The molecule has 0 saturated carbocycles. The Balaban J connectivity index is 3.32. The van der Waals surface area contributed by atoms with E-state index in [1.54, 1.807) is 32.6 Å². The van der Waals surface area contributed by atoms with E-state index < -0.39 is 23.8 Å². The molecule has 0 aliphatic carbocycles. The first-order valence-corrected chi connectivity index (χ1v) is 12.6. The molecule has 0 aliphatic rings. The fourth-order valence-corrected chi connectivity index (χ4v) is 3.86. The van der Waals surface area contributed by atoms with Crippen molar-refractivity contribution in [1.29, 1.82) is 0 Å². The summed E-state index contributed by atoms with van der Waals surface area (Å²) in [6.07, 6.45) is 3.94. The van der Waals surface area contributed by atoms with Crippen LogP contribution >= 0.6 is 0 Å². The van der Waals surface area contributed by atoms with Crippen molar-refractivity contribution in [2.45, 2.75) is 105 Å². The van der Waals surface area contributed by atoms with E-state index in [1.807, 2.05) is 39.0 Å². The molecule has 0 heterocycles. The summed E-state index contributed by atoms with van der Waals surface area (Å²) in [5.74, 6) is -0.502. The lowest BCUT2D eigenvalue weighted by atomic mass is 9.93. The SMILES string of the molecule is CCCCCNC(=O)C(c1c(C)cccc1C)N(CCCC)C(=O)C(C)NC(=O)OC(C)(C)C. The number of carbonyl (C=O) groups excluding carboxylic acids is 3. The Morgan fingerprint density at radius 2 is 1.59 bits per heavy atom. The molecule has 2 N–H and O–H groups in total. The zero-order chi connectivity index (χ0) is 25.9. The van der Waals surface area contributed by atoms with Crippen molar-refractivity contribution in [3.05, 3.63) is 34.9 Å². The largest absolute Gasteiger partial charge is 0.444 e. The number of hydrogen-bond acceptors (Lipinski definition) is 4. The standard InChI is InChI=1S/C27H45N3O4/c1-9-11-13-17-28-24(31)23(22-19(3)15-14-16-20(22)4)30(18-12-10-2)25(32)21(5)29-26(33)34-27(6,7)8/h14-16,21,23H,9-13,17-18H2,1-8H3,(H,28,31)(H,29,33). The van der Waals surface area contributed by atoms with Gasteiger partial charge in [-0.15, -0.1) is 0 Å². The second kappa shape index (κ2) is 14.0. The van der Waals surface area contributed by atoms with E-state index in [2.05, 4.69) is 17.6 Å². The molecule has 7 nitrogen and oxygen atoms in total. The lowest BCUT2D eigenvalue weighted by Gasteiger charge is -2.35. The molecule has 2 unspecified atom stereocenters. The van der Waals surface area contributed by atoms with E-state index in [1.165, 1.54) is 0 Å². The second-order valence-electron chi connectivity index (χ2n) is 9.96. The number of aryl methyl sites for hydroxylation is 2. The number of nitrogens with one attached hydrogen (secondary N) is 2. The van der Waals surface area contributed by atoms with Gasteiger partial charge in [0.2, 0.25) is 11.8 Å². The Bertz CT molecular complexity index is 796. The number of nitrogens with zero attached hydrogens (tertiary/aromatic N) is 1. The van der Waals surface area contributed by atoms with Crippen LogP contribution in [0.3, 0.4) is 0 Å². The first-order valence-electron chi connectivity index (χ1n) is 12.6. The lowest BCUT2D eigenvalue weighted by Crippen LogP contribution is -2.52. The van der Waals surface area contributed by atoms with Crippen molar-refractivity contribution in [3.63, 3.8) is 0 Å². The highest BCUT2D eigenvalue weighted by molar-refractivity contribution is 5.92. The summed E-state index contributed by atoms with van der Waals surface area (Å²) in [6.45, 7) is 16.0. The molecule has 0 bridgehead atoms. The van der Waals surface area contributed by atoms with Crippen LogP contribution in [0.5, 0.6) is 0 Å². The van der Waals surface area contributed by atoms with Crippen LogP contribution in [0.2, 0.25) is 0 Å². The van der Waals surface area contributed by atoms with Gasteiger partial charge in [-0.25, -0.2) is 4.79 Å². The molecule has 0 aromatic heterocycles. The van der Waals surface area contributed by atoms with Crippen molar-refractivity contribution in [1.82, 2.24) is 15.5 Å². The van der Waals surface area contributed by atoms with E-state index in [0.29, 0.717) is 13.1 Å². The lowest BCUT2D eigenvalue weighted by molar-refractivity contribution is -0.142. The monoisotopic (exact) mass is 475 g/mol. The van der Waals surface area contributed by atoms with Crippen LogP contribution in [0.15, 0.2) is 18.2 Å². The van der Waals surface area contributed by atoms with Gasteiger partial charge in [0.1, 0.15) is 17.7 Å². The highest BCUT2D eigenvalue weighted by Crippen LogP contribution is 2.29. The molecular weight excluding hydrogens is 430 g/mol. The van der Waals surface area contributed by atoms with Crippen LogP contribution in [0.25, 0.3) is 0 Å². The summed E-state index contributed by atoms with van der Waals surface area (Å²) >= 11 is 0. The molecule has 0 saturated heterocycles. The Kier molecular flexibility index (Phi) is 12.1. The molecule has 0 spiro atoms. The van der Waals surface area contributed by atoms with Crippen LogP contribution in [-0.4, -0.2) is 47.5 Å². The minimum absolute atomic E-state index is 0.192. The van der Waals surface area contributed by atoms with Crippen LogP contribution in [-0.2, 0) is 14.3 Å². The van der Waals surface area contributed by atoms with Gasteiger partial charge in [-0.05, 0) is 71.1 Å². The maximum atomic E-state index is 13.6. The molecule has 0 radical (unpaired) electrons. The van der Waals surface area contributed by atoms with Gasteiger partial charge in [0.05, 0.1) is 0 Å². The fourth-order valence-electron chi connectivity index (χ4n) is 3.86. The van der Waals surface area contributed by atoms with Crippen molar-refractivity contribution in [2.24, 2.45) is 0 Å². The summed E-state index contributed by atoms with van der Waals surface area (Å²) < 4.78 is 5.33. The number of hydrogen-bond donors (Lipinski definition) is 2. The third-order valence-electron chi connectivity index (χ3n) is 5.59. The molecule has 34 heavy (non-hydrogen) atoms. The van der Waals surface area contributed by atoms with Crippen molar-refractivity contribution in [2.75, 3.05) is 13.1 Å². The Hall–Kier alpha value is -2.57. The maximum Gasteiger partial charge on any atom is 0.408 e. The minimum Gasteiger partial charge on any atom is -0.444 e.